The lowest BCUT2D eigenvalue weighted by Crippen LogP contribution is -2.46. The molecule has 1 saturated carbocycles. The van der Waals surface area contributed by atoms with E-state index in [1.165, 1.54) is 6.42 Å². The number of amides is 1. The quantitative estimate of drug-likeness (QED) is 0.870. The van der Waals surface area contributed by atoms with E-state index in [1.54, 1.807) is 0 Å². The van der Waals surface area contributed by atoms with E-state index in [0.29, 0.717) is 30.6 Å². The minimum absolute atomic E-state index is 0.0473. The first kappa shape index (κ1) is 16.8. The third kappa shape index (κ3) is 4.44. The second-order valence-electron chi connectivity index (χ2n) is 7.37. The Morgan fingerprint density at radius 1 is 1.10 bits per heavy atom. The van der Waals surface area contributed by atoms with Gasteiger partial charge >= 0.3 is 0 Å². The Hall–Kier alpha value is -0.580. The normalized spacial score (nSPS) is 33.8. The molecule has 0 bridgehead atoms. The topological polar surface area (TPSA) is 63.2 Å². The lowest BCUT2D eigenvalue weighted by Gasteiger charge is -2.37. The minimum atomic E-state index is -2.86. The number of carbonyl (C=O) groups excluding carboxylic acids is 1. The molecule has 2 aliphatic rings. The first-order valence-electron chi connectivity index (χ1n) is 8.29. The van der Waals surface area contributed by atoms with Gasteiger partial charge < -0.3 is 5.32 Å². The summed E-state index contributed by atoms with van der Waals surface area (Å²) >= 11 is 0. The molecule has 1 amide bonds. The van der Waals surface area contributed by atoms with Crippen LogP contribution in [0.3, 0.4) is 0 Å². The highest BCUT2D eigenvalue weighted by molar-refractivity contribution is 7.91. The van der Waals surface area contributed by atoms with Crippen LogP contribution in [0.5, 0.6) is 0 Å². The average molecular weight is 315 g/mol. The summed E-state index contributed by atoms with van der Waals surface area (Å²) in [7, 11) is -2.86. The van der Waals surface area contributed by atoms with Crippen LogP contribution in [-0.2, 0) is 14.6 Å². The highest BCUT2D eigenvalue weighted by Crippen LogP contribution is 2.38. The van der Waals surface area contributed by atoms with Crippen molar-refractivity contribution < 1.29 is 13.2 Å². The van der Waals surface area contributed by atoms with Gasteiger partial charge in [-0.1, -0.05) is 27.2 Å². The molecule has 0 unspecified atom stereocenters. The molecule has 0 spiro atoms. The van der Waals surface area contributed by atoms with Crippen molar-refractivity contribution in [1.29, 1.82) is 0 Å². The minimum Gasteiger partial charge on any atom is -0.353 e. The summed E-state index contributed by atoms with van der Waals surface area (Å²) in [5.41, 5.74) is 0. The molecular weight excluding hydrogens is 286 g/mol. The monoisotopic (exact) mass is 315 g/mol. The predicted molar refractivity (Wildman–Crippen MR) is 84.7 cm³/mol. The Balaban J connectivity index is 1.94. The van der Waals surface area contributed by atoms with Crippen LogP contribution in [0.4, 0.5) is 0 Å². The van der Waals surface area contributed by atoms with Crippen molar-refractivity contribution in [2.45, 2.75) is 58.9 Å². The van der Waals surface area contributed by atoms with Gasteiger partial charge in [-0.15, -0.1) is 0 Å². The third-order valence-corrected chi connectivity index (χ3v) is 6.98. The molecule has 1 aliphatic carbocycles. The molecule has 5 heteroatoms. The summed E-state index contributed by atoms with van der Waals surface area (Å²) in [6.07, 6.45) is 4.47. The van der Waals surface area contributed by atoms with Gasteiger partial charge in [0.2, 0.25) is 5.91 Å². The molecule has 4 nitrogen and oxygen atoms in total. The van der Waals surface area contributed by atoms with Crippen molar-refractivity contribution in [2.24, 2.45) is 23.7 Å². The number of nitrogens with one attached hydrogen (secondary N) is 1. The fraction of sp³-hybridized carbons (Fsp3) is 0.938. The second kappa shape index (κ2) is 6.67. The second-order valence-corrected chi connectivity index (χ2v) is 9.67. The van der Waals surface area contributed by atoms with Crippen LogP contribution in [0.15, 0.2) is 0 Å². The van der Waals surface area contributed by atoms with E-state index in [-0.39, 0.29) is 29.4 Å². The highest BCUT2D eigenvalue weighted by atomic mass is 32.2. The van der Waals surface area contributed by atoms with Gasteiger partial charge in [-0.25, -0.2) is 8.42 Å². The van der Waals surface area contributed by atoms with Gasteiger partial charge in [0.25, 0.3) is 0 Å². The summed E-state index contributed by atoms with van der Waals surface area (Å²) in [6.45, 7) is 6.63. The molecule has 122 valence electrons. The van der Waals surface area contributed by atoms with E-state index in [4.69, 9.17) is 0 Å². The van der Waals surface area contributed by atoms with Crippen molar-refractivity contribution in [3.05, 3.63) is 0 Å². The molecule has 0 aromatic rings. The van der Waals surface area contributed by atoms with E-state index in [9.17, 15) is 13.2 Å². The molecular formula is C16H29NO3S. The van der Waals surface area contributed by atoms with Gasteiger partial charge in [-0.05, 0) is 43.4 Å². The number of rotatable bonds is 3. The zero-order valence-corrected chi connectivity index (χ0v) is 14.3. The van der Waals surface area contributed by atoms with Crippen molar-refractivity contribution in [3.63, 3.8) is 0 Å². The number of sulfone groups is 1. The predicted octanol–water partition coefficient (Wildman–Crippen LogP) is 2.39. The van der Waals surface area contributed by atoms with Gasteiger partial charge in [0.1, 0.15) is 9.84 Å². The third-order valence-electron chi connectivity index (χ3n) is 5.26. The van der Waals surface area contributed by atoms with Gasteiger partial charge in [0, 0.05) is 12.0 Å². The Labute approximate surface area is 129 Å². The van der Waals surface area contributed by atoms with Gasteiger partial charge in [0.15, 0.2) is 0 Å². The maximum Gasteiger partial charge on any atom is 0.223 e. The maximum absolute atomic E-state index is 12.6. The summed E-state index contributed by atoms with van der Waals surface area (Å²) in [5, 5.41) is 3.13. The molecule has 1 N–H and O–H groups in total. The highest BCUT2D eigenvalue weighted by Gasteiger charge is 2.36. The van der Waals surface area contributed by atoms with Gasteiger partial charge in [-0.2, -0.15) is 0 Å². The zero-order valence-electron chi connectivity index (χ0n) is 13.5. The van der Waals surface area contributed by atoms with E-state index in [2.05, 4.69) is 26.1 Å². The van der Waals surface area contributed by atoms with Crippen LogP contribution in [-0.4, -0.2) is 31.9 Å². The zero-order chi connectivity index (χ0) is 15.6. The summed E-state index contributed by atoms with van der Waals surface area (Å²) < 4.78 is 22.9. The van der Waals surface area contributed by atoms with Crippen LogP contribution in [0.1, 0.15) is 52.9 Å². The molecule has 0 aromatic heterocycles. The molecule has 1 heterocycles. The Kier molecular flexibility index (Phi) is 5.33. The van der Waals surface area contributed by atoms with Crippen LogP contribution >= 0.6 is 0 Å². The summed E-state index contributed by atoms with van der Waals surface area (Å²) in [6, 6.07) is 0.0473. The van der Waals surface area contributed by atoms with E-state index in [1.807, 2.05) is 0 Å². The SMILES string of the molecule is CC(C)[C@@H]1CC[C@@H](C)C[C@H]1C(=O)NC1CCS(=O)(=O)CC1. The molecule has 2 fully saturated rings. The van der Waals surface area contributed by atoms with Crippen molar-refractivity contribution in [3.8, 4) is 0 Å². The maximum atomic E-state index is 12.6. The lowest BCUT2D eigenvalue weighted by atomic mass is 9.69. The Morgan fingerprint density at radius 2 is 1.71 bits per heavy atom. The van der Waals surface area contributed by atoms with Crippen molar-refractivity contribution >= 4 is 15.7 Å². The van der Waals surface area contributed by atoms with Crippen molar-refractivity contribution in [1.82, 2.24) is 5.32 Å². The largest absolute Gasteiger partial charge is 0.353 e. The average Bonchev–Trinajstić information content (AvgIpc) is 2.40. The molecule has 0 radical (unpaired) electrons. The standard InChI is InChI=1S/C16H29NO3S/c1-11(2)14-5-4-12(3)10-15(14)16(18)17-13-6-8-21(19,20)9-7-13/h11-15H,4-10H2,1-3H3,(H,17,18)/t12-,14+,15-/m1/s1. The number of hydrogen-bond acceptors (Lipinski definition) is 3. The van der Waals surface area contributed by atoms with Crippen LogP contribution in [0.2, 0.25) is 0 Å². The molecule has 1 saturated heterocycles. The van der Waals surface area contributed by atoms with Crippen LogP contribution < -0.4 is 5.32 Å². The first-order chi connectivity index (χ1) is 9.78. The molecule has 1 aliphatic heterocycles. The van der Waals surface area contributed by atoms with Gasteiger partial charge in [-0.3, -0.25) is 4.79 Å². The lowest BCUT2D eigenvalue weighted by molar-refractivity contribution is -0.130. The first-order valence-corrected chi connectivity index (χ1v) is 10.1. The number of carbonyl (C=O) groups is 1. The fourth-order valence-electron chi connectivity index (χ4n) is 3.85. The summed E-state index contributed by atoms with van der Waals surface area (Å²) in [5.74, 6) is 2.30. The Bertz CT molecular complexity index is 458. The van der Waals surface area contributed by atoms with E-state index in [0.717, 1.165) is 12.8 Å². The molecule has 2 rings (SSSR count). The van der Waals surface area contributed by atoms with Crippen LogP contribution in [0.25, 0.3) is 0 Å². The molecule has 0 aromatic carbocycles. The fourth-order valence-corrected chi connectivity index (χ4v) is 5.34. The molecule has 3 atom stereocenters. The van der Waals surface area contributed by atoms with E-state index >= 15 is 0 Å². The van der Waals surface area contributed by atoms with Crippen molar-refractivity contribution in [2.75, 3.05) is 11.5 Å². The smallest absolute Gasteiger partial charge is 0.223 e. The molecule has 21 heavy (non-hydrogen) atoms. The van der Waals surface area contributed by atoms with Gasteiger partial charge in [0.05, 0.1) is 11.5 Å². The van der Waals surface area contributed by atoms with E-state index < -0.39 is 9.84 Å². The van der Waals surface area contributed by atoms with Crippen LogP contribution in [0, 0.1) is 23.7 Å². The summed E-state index contributed by atoms with van der Waals surface area (Å²) in [4.78, 5) is 12.6. The Morgan fingerprint density at radius 3 is 2.29 bits per heavy atom. The number of hydrogen-bond donors (Lipinski definition) is 1.